The maximum absolute atomic E-state index is 6.22. The number of fused-ring (bicyclic) bond motifs is 1. The predicted molar refractivity (Wildman–Crippen MR) is 73.2 cm³/mol. The van der Waals surface area contributed by atoms with Gasteiger partial charge in [-0.3, -0.25) is 0 Å². The van der Waals surface area contributed by atoms with Crippen molar-refractivity contribution in [3.05, 3.63) is 23.0 Å². The average molecular weight is 234 g/mol. The molecule has 2 atom stereocenters. The first kappa shape index (κ1) is 12.7. The lowest BCUT2D eigenvalue weighted by molar-refractivity contribution is 0.253. The molecule has 1 aliphatic rings. The molecule has 2 rings (SSSR count). The van der Waals surface area contributed by atoms with Crippen LogP contribution in [-0.4, -0.2) is 4.57 Å². The molecule has 2 nitrogen and oxygen atoms in total. The second-order valence-corrected chi connectivity index (χ2v) is 6.60. The standard InChI is InChI=1S/C15H26N2/c1-10-9-12-13(16)7-6-8-14(12)17(10)11(2)15(3,4)5/h9,11,13H,6-8,16H2,1-5H3. The molecule has 0 bridgehead atoms. The fourth-order valence-corrected chi connectivity index (χ4v) is 2.89. The van der Waals surface area contributed by atoms with Gasteiger partial charge in [0.05, 0.1) is 0 Å². The summed E-state index contributed by atoms with van der Waals surface area (Å²) in [5, 5.41) is 0. The zero-order valence-corrected chi connectivity index (χ0v) is 11.9. The number of rotatable bonds is 1. The topological polar surface area (TPSA) is 30.9 Å². The maximum Gasteiger partial charge on any atom is 0.0356 e. The smallest absolute Gasteiger partial charge is 0.0356 e. The van der Waals surface area contributed by atoms with Crippen LogP contribution < -0.4 is 5.73 Å². The third kappa shape index (κ3) is 2.15. The molecular weight excluding hydrogens is 208 g/mol. The first-order valence-electron chi connectivity index (χ1n) is 6.78. The minimum absolute atomic E-state index is 0.255. The normalized spacial score (nSPS) is 22.4. The first-order valence-corrected chi connectivity index (χ1v) is 6.78. The number of hydrogen-bond acceptors (Lipinski definition) is 1. The molecule has 2 unspecified atom stereocenters. The monoisotopic (exact) mass is 234 g/mol. The van der Waals surface area contributed by atoms with Gasteiger partial charge in [0, 0.05) is 23.5 Å². The van der Waals surface area contributed by atoms with Crippen molar-refractivity contribution < 1.29 is 0 Å². The predicted octanol–water partition coefficient (Wildman–Crippen LogP) is 3.74. The summed E-state index contributed by atoms with van der Waals surface area (Å²) in [6, 6.07) is 3.09. The van der Waals surface area contributed by atoms with Gasteiger partial charge in [-0.15, -0.1) is 0 Å². The van der Waals surface area contributed by atoms with Crippen molar-refractivity contribution in [1.29, 1.82) is 0 Å². The molecule has 96 valence electrons. The van der Waals surface area contributed by atoms with Crippen LogP contribution in [0, 0.1) is 12.3 Å². The van der Waals surface area contributed by atoms with Crippen LogP contribution in [0.3, 0.4) is 0 Å². The summed E-state index contributed by atoms with van der Waals surface area (Å²) in [5.74, 6) is 0. The Morgan fingerprint density at radius 2 is 2.06 bits per heavy atom. The van der Waals surface area contributed by atoms with Gasteiger partial charge >= 0.3 is 0 Å². The van der Waals surface area contributed by atoms with E-state index in [2.05, 4.69) is 45.3 Å². The second-order valence-electron chi connectivity index (χ2n) is 6.60. The van der Waals surface area contributed by atoms with Gasteiger partial charge in [0.1, 0.15) is 0 Å². The number of nitrogens with two attached hydrogens (primary N) is 1. The SMILES string of the molecule is Cc1cc2c(n1C(C)C(C)(C)C)CCCC2N. The van der Waals surface area contributed by atoms with Crippen LogP contribution in [0.2, 0.25) is 0 Å². The van der Waals surface area contributed by atoms with E-state index < -0.39 is 0 Å². The molecule has 2 N–H and O–H groups in total. The van der Waals surface area contributed by atoms with Gasteiger partial charge in [-0.1, -0.05) is 20.8 Å². The molecule has 0 aliphatic heterocycles. The Morgan fingerprint density at radius 3 is 2.65 bits per heavy atom. The van der Waals surface area contributed by atoms with Crippen LogP contribution in [0.4, 0.5) is 0 Å². The molecule has 2 heteroatoms. The lowest BCUT2D eigenvalue weighted by Crippen LogP contribution is -2.26. The summed E-state index contributed by atoms with van der Waals surface area (Å²) in [5.41, 5.74) is 10.8. The van der Waals surface area contributed by atoms with Crippen molar-refractivity contribution in [3.63, 3.8) is 0 Å². The molecule has 0 saturated carbocycles. The average Bonchev–Trinajstić information content (AvgIpc) is 2.54. The van der Waals surface area contributed by atoms with Gasteiger partial charge in [-0.25, -0.2) is 0 Å². The van der Waals surface area contributed by atoms with Crippen molar-refractivity contribution in [2.45, 2.75) is 66.0 Å². The zero-order chi connectivity index (χ0) is 12.8. The summed E-state index contributed by atoms with van der Waals surface area (Å²) >= 11 is 0. The van der Waals surface area contributed by atoms with Gasteiger partial charge in [0.15, 0.2) is 0 Å². The van der Waals surface area contributed by atoms with E-state index in [1.807, 2.05) is 0 Å². The summed E-state index contributed by atoms with van der Waals surface area (Å²) < 4.78 is 2.52. The van der Waals surface area contributed by atoms with Crippen LogP contribution in [0.25, 0.3) is 0 Å². The highest BCUT2D eigenvalue weighted by Crippen LogP contribution is 2.38. The molecule has 1 aliphatic carbocycles. The van der Waals surface area contributed by atoms with E-state index >= 15 is 0 Å². The van der Waals surface area contributed by atoms with Gasteiger partial charge in [-0.05, 0) is 50.2 Å². The summed E-state index contributed by atoms with van der Waals surface area (Å²) in [4.78, 5) is 0. The van der Waals surface area contributed by atoms with Crippen molar-refractivity contribution in [2.24, 2.45) is 11.1 Å². The van der Waals surface area contributed by atoms with E-state index in [0.717, 1.165) is 6.42 Å². The Morgan fingerprint density at radius 1 is 1.41 bits per heavy atom. The maximum atomic E-state index is 6.22. The molecular formula is C15H26N2. The van der Waals surface area contributed by atoms with Gasteiger partial charge < -0.3 is 10.3 Å². The summed E-state index contributed by atoms with van der Waals surface area (Å²) in [6.45, 7) is 11.5. The number of aryl methyl sites for hydroxylation is 1. The number of aromatic nitrogens is 1. The quantitative estimate of drug-likeness (QED) is 0.788. The highest BCUT2D eigenvalue weighted by Gasteiger charge is 2.28. The van der Waals surface area contributed by atoms with E-state index in [9.17, 15) is 0 Å². The van der Waals surface area contributed by atoms with Crippen LogP contribution in [0.1, 0.15) is 69.6 Å². The van der Waals surface area contributed by atoms with E-state index in [1.54, 1.807) is 0 Å². The minimum Gasteiger partial charge on any atom is -0.345 e. The molecule has 0 aromatic carbocycles. The number of hydrogen-bond donors (Lipinski definition) is 1. The van der Waals surface area contributed by atoms with Crippen LogP contribution >= 0.6 is 0 Å². The van der Waals surface area contributed by atoms with E-state index in [1.165, 1.54) is 29.8 Å². The van der Waals surface area contributed by atoms with Crippen molar-refractivity contribution in [1.82, 2.24) is 4.57 Å². The van der Waals surface area contributed by atoms with E-state index in [4.69, 9.17) is 5.73 Å². The molecule has 17 heavy (non-hydrogen) atoms. The minimum atomic E-state index is 0.255. The fourth-order valence-electron chi connectivity index (χ4n) is 2.89. The fraction of sp³-hybridized carbons (Fsp3) is 0.733. The van der Waals surface area contributed by atoms with Gasteiger partial charge in [-0.2, -0.15) is 0 Å². The van der Waals surface area contributed by atoms with Crippen LogP contribution in [-0.2, 0) is 6.42 Å². The Balaban J connectivity index is 2.48. The van der Waals surface area contributed by atoms with Crippen LogP contribution in [0.15, 0.2) is 6.07 Å². The number of nitrogens with zero attached hydrogens (tertiary/aromatic N) is 1. The van der Waals surface area contributed by atoms with Crippen molar-refractivity contribution in [2.75, 3.05) is 0 Å². The lowest BCUT2D eigenvalue weighted by atomic mass is 9.87. The van der Waals surface area contributed by atoms with E-state index in [0.29, 0.717) is 11.5 Å². The molecule has 1 aromatic heterocycles. The Kier molecular flexibility index (Phi) is 3.11. The van der Waals surface area contributed by atoms with E-state index in [-0.39, 0.29) is 6.04 Å². The van der Waals surface area contributed by atoms with Crippen molar-refractivity contribution in [3.8, 4) is 0 Å². The van der Waals surface area contributed by atoms with Gasteiger partial charge in [0.2, 0.25) is 0 Å². The second kappa shape index (κ2) is 4.16. The lowest BCUT2D eigenvalue weighted by Gasteiger charge is -2.33. The summed E-state index contributed by atoms with van der Waals surface area (Å²) in [7, 11) is 0. The third-order valence-corrected chi connectivity index (χ3v) is 4.34. The molecule has 0 radical (unpaired) electrons. The molecule has 1 aromatic rings. The Hall–Kier alpha value is -0.760. The highest BCUT2D eigenvalue weighted by atomic mass is 15.0. The first-order chi connectivity index (χ1) is 7.82. The third-order valence-electron chi connectivity index (χ3n) is 4.34. The molecule has 1 heterocycles. The Labute approximate surface area is 105 Å². The van der Waals surface area contributed by atoms with Crippen LogP contribution in [0.5, 0.6) is 0 Å². The molecule has 0 spiro atoms. The summed E-state index contributed by atoms with van der Waals surface area (Å²) in [6.07, 6.45) is 3.56. The zero-order valence-electron chi connectivity index (χ0n) is 11.9. The van der Waals surface area contributed by atoms with Crippen molar-refractivity contribution >= 4 is 0 Å². The molecule has 0 amide bonds. The Bertz CT molecular complexity index is 409. The molecule has 0 saturated heterocycles. The highest BCUT2D eigenvalue weighted by molar-refractivity contribution is 5.33. The molecule has 0 fully saturated rings. The van der Waals surface area contributed by atoms with Gasteiger partial charge in [0.25, 0.3) is 0 Å². The largest absolute Gasteiger partial charge is 0.345 e.